The van der Waals surface area contributed by atoms with Gasteiger partial charge in [0.15, 0.2) is 0 Å². The number of amides is 2. The third-order valence-electron chi connectivity index (χ3n) is 6.39. The molecule has 196 valence electrons. The van der Waals surface area contributed by atoms with E-state index in [0.717, 1.165) is 0 Å². The Morgan fingerprint density at radius 1 is 1.05 bits per heavy atom. The van der Waals surface area contributed by atoms with Crippen LogP contribution in [0.2, 0.25) is 0 Å². The lowest BCUT2D eigenvalue weighted by molar-refractivity contribution is -0.128. The van der Waals surface area contributed by atoms with Crippen molar-refractivity contribution in [1.29, 1.82) is 0 Å². The van der Waals surface area contributed by atoms with E-state index in [4.69, 9.17) is 4.74 Å². The highest BCUT2D eigenvalue weighted by Gasteiger charge is 2.35. The SMILES string of the molecule is CCC(C)(C)NC(=O)[C@@H](c1ccncc1)N(C(=O)Cn1nnc2ccccc21)c1cccc(C(=O)OC)c1. The summed E-state index contributed by atoms with van der Waals surface area (Å²) in [4.78, 5) is 45.8. The average molecular weight is 515 g/mol. The number of benzene rings is 2. The van der Waals surface area contributed by atoms with Crippen molar-refractivity contribution in [2.24, 2.45) is 0 Å². The van der Waals surface area contributed by atoms with Gasteiger partial charge in [-0.1, -0.05) is 30.3 Å². The summed E-state index contributed by atoms with van der Waals surface area (Å²) in [6.45, 7) is 5.62. The Labute approximate surface area is 220 Å². The molecule has 0 fully saturated rings. The quantitative estimate of drug-likeness (QED) is 0.338. The first kappa shape index (κ1) is 26.5. The Balaban J connectivity index is 1.84. The molecule has 1 N–H and O–H groups in total. The number of rotatable bonds is 9. The first-order chi connectivity index (χ1) is 18.2. The molecule has 4 rings (SSSR count). The fraction of sp³-hybridized carbons (Fsp3) is 0.286. The second-order valence-electron chi connectivity index (χ2n) is 9.45. The first-order valence-corrected chi connectivity index (χ1v) is 12.2. The lowest BCUT2D eigenvalue weighted by Gasteiger charge is -2.34. The summed E-state index contributed by atoms with van der Waals surface area (Å²) in [5.41, 5.74) is 1.97. The number of hydrogen-bond donors (Lipinski definition) is 1. The van der Waals surface area contributed by atoms with Gasteiger partial charge in [0.25, 0.3) is 0 Å². The zero-order valence-electron chi connectivity index (χ0n) is 21.8. The van der Waals surface area contributed by atoms with Crippen molar-refractivity contribution in [3.05, 3.63) is 84.2 Å². The molecular weight excluding hydrogens is 484 g/mol. The van der Waals surface area contributed by atoms with E-state index in [2.05, 4.69) is 20.6 Å². The van der Waals surface area contributed by atoms with E-state index in [9.17, 15) is 14.4 Å². The Morgan fingerprint density at radius 2 is 1.79 bits per heavy atom. The Kier molecular flexibility index (Phi) is 7.80. The van der Waals surface area contributed by atoms with Gasteiger partial charge in [0, 0.05) is 23.6 Å². The molecule has 0 aliphatic rings. The molecular formula is C28H30N6O4. The van der Waals surface area contributed by atoms with Gasteiger partial charge < -0.3 is 10.1 Å². The lowest BCUT2D eigenvalue weighted by atomic mass is 9.98. The van der Waals surface area contributed by atoms with Crippen LogP contribution in [0, 0.1) is 0 Å². The van der Waals surface area contributed by atoms with Crippen LogP contribution in [0.4, 0.5) is 5.69 Å². The number of esters is 1. The van der Waals surface area contributed by atoms with Gasteiger partial charge in [0.1, 0.15) is 18.1 Å². The molecule has 1 atom stereocenters. The van der Waals surface area contributed by atoms with E-state index in [1.807, 2.05) is 39.0 Å². The smallest absolute Gasteiger partial charge is 0.337 e. The summed E-state index contributed by atoms with van der Waals surface area (Å²) in [7, 11) is 1.29. The van der Waals surface area contributed by atoms with Crippen LogP contribution in [0.5, 0.6) is 0 Å². The van der Waals surface area contributed by atoms with Gasteiger partial charge in [-0.15, -0.1) is 5.10 Å². The standard InChI is InChI=1S/C28H30N6O4/c1-5-28(2,3)30-26(36)25(19-13-15-29-16-14-19)34(21-10-8-9-20(17-21)27(37)38-4)24(35)18-33-23-12-7-6-11-22(23)31-32-33/h6-17,25H,5,18H2,1-4H3,(H,30,36)/t25-/m1/s1. The molecule has 2 amide bonds. The van der Waals surface area contributed by atoms with E-state index in [0.29, 0.717) is 28.7 Å². The topological polar surface area (TPSA) is 119 Å². The normalized spacial score (nSPS) is 12.1. The third kappa shape index (κ3) is 5.69. The monoisotopic (exact) mass is 514 g/mol. The molecule has 10 nitrogen and oxygen atoms in total. The van der Waals surface area contributed by atoms with E-state index in [1.165, 1.54) is 22.8 Å². The molecule has 0 saturated heterocycles. The number of carbonyl (C=O) groups is 3. The van der Waals surface area contributed by atoms with Crippen LogP contribution in [0.25, 0.3) is 11.0 Å². The molecule has 0 aliphatic carbocycles. The van der Waals surface area contributed by atoms with Crippen molar-refractivity contribution >= 4 is 34.5 Å². The molecule has 0 unspecified atom stereocenters. The van der Waals surface area contributed by atoms with Gasteiger partial charge in [-0.05, 0) is 68.3 Å². The molecule has 0 saturated carbocycles. The number of carbonyl (C=O) groups excluding carboxylic acids is 3. The molecule has 0 bridgehead atoms. The Hall–Kier alpha value is -4.60. The lowest BCUT2D eigenvalue weighted by Crippen LogP contribution is -2.51. The number of anilines is 1. The minimum atomic E-state index is -1.06. The predicted octanol–water partition coefficient (Wildman–Crippen LogP) is 3.69. The van der Waals surface area contributed by atoms with Gasteiger partial charge >= 0.3 is 5.97 Å². The highest BCUT2D eigenvalue weighted by molar-refractivity contribution is 6.02. The van der Waals surface area contributed by atoms with Crippen molar-refractivity contribution in [2.45, 2.75) is 45.3 Å². The van der Waals surface area contributed by atoms with Crippen LogP contribution in [-0.2, 0) is 20.9 Å². The van der Waals surface area contributed by atoms with Crippen molar-refractivity contribution in [3.63, 3.8) is 0 Å². The van der Waals surface area contributed by atoms with E-state index < -0.39 is 23.5 Å². The van der Waals surface area contributed by atoms with Crippen LogP contribution in [-0.4, -0.2) is 50.4 Å². The Bertz CT molecular complexity index is 1450. The minimum Gasteiger partial charge on any atom is -0.465 e. The summed E-state index contributed by atoms with van der Waals surface area (Å²) in [6, 6.07) is 16.1. The van der Waals surface area contributed by atoms with Crippen LogP contribution >= 0.6 is 0 Å². The highest BCUT2D eigenvalue weighted by atomic mass is 16.5. The van der Waals surface area contributed by atoms with Crippen LogP contribution in [0.1, 0.15) is 49.2 Å². The number of ether oxygens (including phenoxy) is 1. The van der Waals surface area contributed by atoms with Crippen molar-refractivity contribution < 1.29 is 19.1 Å². The fourth-order valence-corrected chi connectivity index (χ4v) is 4.03. The molecule has 0 spiro atoms. The van der Waals surface area contributed by atoms with Crippen LogP contribution < -0.4 is 10.2 Å². The van der Waals surface area contributed by atoms with Crippen LogP contribution in [0.15, 0.2) is 73.1 Å². The average Bonchev–Trinajstić information content (AvgIpc) is 3.33. The summed E-state index contributed by atoms with van der Waals surface area (Å²) < 4.78 is 6.38. The number of nitrogens with zero attached hydrogens (tertiary/aromatic N) is 5. The van der Waals surface area contributed by atoms with E-state index >= 15 is 0 Å². The molecule has 38 heavy (non-hydrogen) atoms. The predicted molar refractivity (Wildman–Crippen MR) is 142 cm³/mol. The summed E-state index contributed by atoms with van der Waals surface area (Å²) >= 11 is 0. The number of fused-ring (bicyclic) bond motifs is 1. The minimum absolute atomic E-state index is 0.186. The van der Waals surface area contributed by atoms with Crippen molar-refractivity contribution in [1.82, 2.24) is 25.3 Å². The number of pyridine rings is 1. The van der Waals surface area contributed by atoms with Gasteiger partial charge in [0.2, 0.25) is 11.8 Å². The molecule has 0 radical (unpaired) electrons. The molecule has 4 aromatic rings. The van der Waals surface area contributed by atoms with Crippen molar-refractivity contribution in [3.8, 4) is 0 Å². The molecule has 0 aliphatic heterocycles. The largest absolute Gasteiger partial charge is 0.465 e. The number of hydrogen-bond acceptors (Lipinski definition) is 7. The van der Waals surface area contributed by atoms with Gasteiger partial charge in [-0.3, -0.25) is 19.5 Å². The fourth-order valence-electron chi connectivity index (χ4n) is 4.03. The zero-order chi connectivity index (χ0) is 27.3. The number of nitrogens with one attached hydrogen (secondary N) is 1. The maximum absolute atomic E-state index is 14.1. The second kappa shape index (κ2) is 11.2. The van der Waals surface area contributed by atoms with Crippen LogP contribution in [0.3, 0.4) is 0 Å². The van der Waals surface area contributed by atoms with Gasteiger partial charge in [0.05, 0.1) is 18.2 Å². The van der Waals surface area contributed by atoms with Gasteiger partial charge in [-0.25, -0.2) is 9.48 Å². The highest BCUT2D eigenvalue weighted by Crippen LogP contribution is 2.30. The summed E-state index contributed by atoms with van der Waals surface area (Å²) in [5, 5.41) is 11.4. The maximum Gasteiger partial charge on any atom is 0.337 e. The third-order valence-corrected chi connectivity index (χ3v) is 6.39. The second-order valence-corrected chi connectivity index (χ2v) is 9.45. The maximum atomic E-state index is 14.1. The summed E-state index contributed by atoms with van der Waals surface area (Å²) in [6.07, 6.45) is 3.82. The Morgan fingerprint density at radius 3 is 2.50 bits per heavy atom. The first-order valence-electron chi connectivity index (χ1n) is 12.2. The number of aromatic nitrogens is 4. The number of methoxy groups -OCH3 is 1. The molecule has 10 heteroatoms. The number of para-hydroxylation sites is 1. The molecule has 2 aromatic heterocycles. The van der Waals surface area contributed by atoms with E-state index in [1.54, 1.807) is 48.8 Å². The summed E-state index contributed by atoms with van der Waals surface area (Å²) in [5.74, 6) is -1.35. The van der Waals surface area contributed by atoms with E-state index in [-0.39, 0.29) is 18.0 Å². The van der Waals surface area contributed by atoms with Crippen molar-refractivity contribution in [2.75, 3.05) is 12.0 Å². The zero-order valence-corrected chi connectivity index (χ0v) is 21.8. The van der Waals surface area contributed by atoms with Gasteiger partial charge in [-0.2, -0.15) is 0 Å². The molecule has 2 heterocycles. The molecule has 2 aromatic carbocycles.